The number of aliphatic imine (C=N–C) groups is 1. The van der Waals surface area contributed by atoms with Crippen LogP contribution in [0.25, 0.3) is 0 Å². The largest absolute Gasteiger partial charge is 0.444 e. The van der Waals surface area contributed by atoms with Crippen molar-refractivity contribution in [3.05, 3.63) is 0 Å². The van der Waals surface area contributed by atoms with E-state index in [-0.39, 0.29) is 6.09 Å². The molecule has 128 valence electrons. The average molecular weight is 312 g/mol. The molecule has 1 fully saturated rings. The Bertz CT molecular complexity index is 382. The Labute approximate surface area is 134 Å². The van der Waals surface area contributed by atoms with Crippen molar-refractivity contribution in [3.8, 4) is 0 Å². The Morgan fingerprint density at radius 1 is 1.36 bits per heavy atom. The van der Waals surface area contributed by atoms with Crippen molar-refractivity contribution in [2.24, 2.45) is 10.9 Å². The van der Waals surface area contributed by atoms with Gasteiger partial charge in [-0.05, 0) is 46.5 Å². The molecule has 0 radical (unpaired) electrons. The van der Waals surface area contributed by atoms with E-state index in [0.29, 0.717) is 12.5 Å². The average Bonchev–Trinajstić information content (AvgIpc) is 2.45. The molecular formula is C16H32N4O2. The van der Waals surface area contributed by atoms with Crippen molar-refractivity contribution < 1.29 is 9.53 Å². The second kappa shape index (κ2) is 8.25. The molecular weight excluding hydrogens is 280 g/mol. The van der Waals surface area contributed by atoms with Crippen LogP contribution >= 0.6 is 0 Å². The van der Waals surface area contributed by atoms with Crippen molar-refractivity contribution in [1.29, 1.82) is 0 Å². The van der Waals surface area contributed by atoms with E-state index >= 15 is 0 Å². The summed E-state index contributed by atoms with van der Waals surface area (Å²) in [5.41, 5.74) is -0.437. The fourth-order valence-corrected chi connectivity index (χ4v) is 2.71. The summed E-state index contributed by atoms with van der Waals surface area (Å²) in [6.07, 6.45) is 1.93. The van der Waals surface area contributed by atoms with Gasteiger partial charge in [0, 0.05) is 40.3 Å². The van der Waals surface area contributed by atoms with Crippen LogP contribution in [0.3, 0.4) is 0 Å². The lowest BCUT2D eigenvalue weighted by Crippen LogP contribution is -2.47. The first-order chi connectivity index (χ1) is 10.3. The van der Waals surface area contributed by atoms with Gasteiger partial charge in [-0.1, -0.05) is 0 Å². The van der Waals surface area contributed by atoms with Gasteiger partial charge < -0.3 is 19.9 Å². The highest BCUT2D eigenvalue weighted by Gasteiger charge is 2.26. The zero-order chi connectivity index (χ0) is 16.8. The number of hydrogen-bond donors (Lipinski definition) is 1. The van der Waals surface area contributed by atoms with Crippen LogP contribution in [0.2, 0.25) is 0 Å². The van der Waals surface area contributed by atoms with Gasteiger partial charge in [-0.2, -0.15) is 0 Å². The zero-order valence-electron chi connectivity index (χ0n) is 15.0. The molecule has 0 bridgehead atoms. The summed E-state index contributed by atoms with van der Waals surface area (Å²) < 4.78 is 5.47. The second-order valence-electron chi connectivity index (χ2n) is 6.75. The Balaban J connectivity index is 2.49. The fraction of sp³-hybridized carbons (Fsp3) is 0.875. The summed E-state index contributed by atoms with van der Waals surface area (Å²) in [6.45, 7) is 11.1. The number of guanidine groups is 1. The monoisotopic (exact) mass is 312 g/mol. The molecule has 22 heavy (non-hydrogen) atoms. The van der Waals surface area contributed by atoms with Gasteiger partial charge in [-0.15, -0.1) is 0 Å². The molecule has 1 saturated heterocycles. The van der Waals surface area contributed by atoms with Gasteiger partial charge in [-0.3, -0.25) is 4.99 Å². The van der Waals surface area contributed by atoms with Crippen LogP contribution < -0.4 is 5.32 Å². The molecule has 6 nitrogen and oxygen atoms in total. The Hall–Kier alpha value is -1.46. The van der Waals surface area contributed by atoms with E-state index in [9.17, 15) is 4.79 Å². The van der Waals surface area contributed by atoms with E-state index in [1.165, 1.54) is 0 Å². The molecule has 0 spiro atoms. The fourth-order valence-electron chi connectivity index (χ4n) is 2.71. The van der Waals surface area contributed by atoms with E-state index in [4.69, 9.17) is 4.74 Å². The molecule has 0 atom stereocenters. The quantitative estimate of drug-likeness (QED) is 0.641. The Morgan fingerprint density at radius 2 is 1.95 bits per heavy atom. The topological polar surface area (TPSA) is 57.2 Å². The molecule has 1 aliphatic heterocycles. The predicted octanol–water partition coefficient (Wildman–Crippen LogP) is 2.16. The lowest BCUT2D eigenvalue weighted by molar-refractivity contribution is 0.0214. The molecule has 1 rings (SSSR count). The van der Waals surface area contributed by atoms with Crippen molar-refractivity contribution in [2.75, 3.05) is 40.3 Å². The minimum atomic E-state index is -0.437. The smallest absolute Gasteiger partial charge is 0.410 e. The highest BCUT2D eigenvalue weighted by Crippen LogP contribution is 2.20. The molecule has 1 heterocycles. The van der Waals surface area contributed by atoms with Gasteiger partial charge in [0.25, 0.3) is 0 Å². The number of rotatable bonds is 3. The maximum absolute atomic E-state index is 12.2. The second-order valence-corrected chi connectivity index (χ2v) is 6.75. The third kappa shape index (κ3) is 5.73. The van der Waals surface area contributed by atoms with Crippen molar-refractivity contribution in [2.45, 2.75) is 46.1 Å². The van der Waals surface area contributed by atoms with E-state index in [1.807, 2.05) is 39.6 Å². The molecule has 0 aromatic heterocycles. The molecule has 1 amide bonds. The van der Waals surface area contributed by atoms with E-state index in [2.05, 4.69) is 15.2 Å². The number of piperidine rings is 1. The molecule has 0 aromatic rings. The van der Waals surface area contributed by atoms with Crippen LogP contribution in [0.4, 0.5) is 4.79 Å². The summed E-state index contributed by atoms with van der Waals surface area (Å²) in [4.78, 5) is 20.5. The van der Waals surface area contributed by atoms with Crippen LogP contribution in [0.15, 0.2) is 4.99 Å². The minimum absolute atomic E-state index is 0.205. The van der Waals surface area contributed by atoms with Crippen LogP contribution in [0.5, 0.6) is 0 Å². The van der Waals surface area contributed by atoms with E-state index in [0.717, 1.165) is 38.4 Å². The number of carbonyl (C=O) groups excluding carboxylic acids is 1. The molecule has 0 aromatic carbocycles. The van der Waals surface area contributed by atoms with Gasteiger partial charge in [0.2, 0.25) is 0 Å². The normalized spacial score (nSPS) is 17.4. The van der Waals surface area contributed by atoms with Gasteiger partial charge in [0.15, 0.2) is 5.96 Å². The standard InChI is InChI=1S/C16H32N4O2/c1-7-19(15(21)22-16(2,3)4)12-13-8-10-20(11-9-13)14(17-5)18-6/h13H,7-12H2,1-6H3,(H,17,18). The molecule has 0 unspecified atom stereocenters. The number of carbonyl (C=O) groups is 1. The third-order valence-electron chi connectivity index (χ3n) is 3.86. The number of likely N-dealkylation sites (tertiary alicyclic amines) is 1. The molecule has 1 aliphatic rings. The van der Waals surface area contributed by atoms with Gasteiger partial charge in [-0.25, -0.2) is 4.79 Å². The van der Waals surface area contributed by atoms with Crippen molar-refractivity contribution in [1.82, 2.24) is 15.1 Å². The summed E-state index contributed by atoms with van der Waals surface area (Å²) in [5.74, 6) is 1.47. The first-order valence-electron chi connectivity index (χ1n) is 8.18. The maximum atomic E-state index is 12.2. The molecule has 6 heteroatoms. The molecule has 0 aliphatic carbocycles. The van der Waals surface area contributed by atoms with Crippen LogP contribution in [0, 0.1) is 5.92 Å². The van der Waals surface area contributed by atoms with E-state index in [1.54, 1.807) is 7.05 Å². The van der Waals surface area contributed by atoms with Gasteiger partial charge in [0.05, 0.1) is 0 Å². The Morgan fingerprint density at radius 3 is 2.36 bits per heavy atom. The highest BCUT2D eigenvalue weighted by molar-refractivity contribution is 5.79. The van der Waals surface area contributed by atoms with Crippen LogP contribution in [-0.4, -0.2) is 67.7 Å². The zero-order valence-corrected chi connectivity index (χ0v) is 15.0. The molecule has 0 saturated carbocycles. The number of ether oxygens (including phenoxy) is 1. The van der Waals surface area contributed by atoms with Crippen molar-refractivity contribution >= 4 is 12.1 Å². The third-order valence-corrected chi connectivity index (χ3v) is 3.86. The van der Waals surface area contributed by atoms with E-state index < -0.39 is 5.60 Å². The molecule has 1 N–H and O–H groups in total. The predicted molar refractivity (Wildman–Crippen MR) is 90.2 cm³/mol. The van der Waals surface area contributed by atoms with Gasteiger partial charge in [0.1, 0.15) is 5.60 Å². The summed E-state index contributed by atoms with van der Waals surface area (Å²) in [7, 11) is 3.70. The lowest BCUT2D eigenvalue weighted by atomic mass is 9.96. The maximum Gasteiger partial charge on any atom is 0.410 e. The number of hydrogen-bond acceptors (Lipinski definition) is 3. The van der Waals surface area contributed by atoms with Crippen LogP contribution in [0.1, 0.15) is 40.5 Å². The summed E-state index contributed by atoms with van der Waals surface area (Å²) in [5, 5.41) is 3.12. The first kappa shape index (κ1) is 18.6. The lowest BCUT2D eigenvalue weighted by Gasteiger charge is -2.36. The number of nitrogens with one attached hydrogen (secondary N) is 1. The number of nitrogens with zero attached hydrogens (tertiary/aromatic N) is 3. The SMILES string of the molecule is CCN(CC1CCN(C(=NC)NC)CC1)C(=O)OC(C)(C)C. The summed E-state index contributed by atoms with van der Waals surface area (Å²) in [6, 6.07) is 0. The van der Waals surface area contributed by atoms with Crippen LogP contribution in [-0.2, 0) is 4.74 Å². The number of amides is 1. The van der Waals surface area contributed by atoms with Crippen molar-refractivity contribution in [3.63, 3.8) is 0 Å². The summed E-state index contributed by atoms with van der Waals surface area (Å²) >= 11 is 0. The highest BCUT2D eigenvalue weighted by atomic mass is 16.6. The minimum Gasteiger partial charge on any atom is -0.444 e. The Kier molecular flexibility index (Phi) is 6.97. The first-order valence-corrected chi connectivity index (χ1v) is 8.18. The van der Waals surface area contributed by atoms with Gasteiger partial charge >= 0.3 is 6.09 Å².